The van der Waals surface area contributed by atoms with Crippen molar-refractivity contribution in [1.82, 2.24) is 0 Å². The predicted molar refractivity (Wildman–Crippen MR) is 66.4 cm³/mol. The molecule has 1 saturated heterocycles. The first-order valence-electron chi connectivity index (χ1n) is 5.96. The van der Waals surface area contributed by atoms with Gasteiger partial charge in [0.05, 0.1) is 31.0 Å². The molecule has 0 saturated carbocycles. The van der Waals surface area contributed by atoms with Crippen LogP contribution in [0.4, 0.5) is 5.69 Å². The van der Waals surface area contributed by atoms with E-state index in [0.717, 1.165) is 5.56 Å². The molecule has 1 aromatic rings. The highest BCUT2D eigenvalue weighted by molar-refractivity contribution is 5.95. The highest BCUT2D eigenvalue weighted by Crippen LogP contribution is 2.40. The normalized spacial score (nSPS) is 21.2. The molecule has 1 fully saturated rings. The Kier molecular flexibility index (Phi) is 2.66. The van der Waals surface area contributed by atoms with Gasteiger partial charge in [-0.1, -0.05) is 6.07 Å². The summed E-state index contributed by atoms with van der Waals surface area (Å²) in [6.45, 7) is 0.698. The van der Waals surface area contributed by atoms with Crippen LogP contribution in [0.2, 0.25) is 0 Å². The minimum atomic E-state index is -0.673. The Morgan fingerprint density at radius 3 is 2.89 bits per heavy atom. The van der Waals surface area contributed by atoms with Gasteiger partial charge in [-0.15, -0.1) is 0 Å². The summed E-state index contributed by atoms with van der Waals surface area (Å²) in [6, 6.07) is 7.12. The maximum atomic E-state index is 11.3. The van der Waals surface area contributed by atoms with Crippen LogP contribution in [-0.2, 0) is 9.53 Å². The van der Waals surface area contributed by atoms with Gasteiger partial charge in [0, 0.05) is 0 Å². The number of fused-ring (bicyclic) bond motifs is 1. The maximum Gasteiger partial charge on any atom is 0.262 e. The maximum absolute atomic E-state index is 11.3. The van der Waals surface area contributed by atoms with E-state index >= 15 is 0 Å². The van der Waals surface area contributed by atoms with Gasteiger partial charge in [0.15, 0.2) is 6.61 Å². The predicted octanol–water partition coefficient (Wildman–Crippen LogP) is 0.557. The molecule has 0 spiro atoms. The second kappa shape index (κ2) is 4.23. The van der Waals surface area contributed by atoms with E-state index in [1.165, 1.54) is 0 Å². The summed E-state index contributed by atoms with van der Waals surface area (Å²) in [5.41, 5.74) is 6.87. The van der Waals surface area contributed by atoms with E-state index in [4.69, 9.17) is 15.2 Å². The van der Waals surface area contributed by atoms with E-state index in [0.29, 0.717) is 24.7 Å². The molecule has 1 aromatic carbocycles. The average Bonchev–Trinajstić information content (AvgIpc) is 2.37. The van der Waals surface area contributed by atoms with Crippen LogP contribution in [0.25, 0.3) is 0 Å². The zero-order valence-corrected chi connectivity index (χ0v) is 10.2. The summed E-state index contributed by atoms with van der Waals surface area (Å²) in [6.07, 6.45) is 0. The summed E-state index contributed by atoms with van der Waals surface area (Å²) in [7, 11) is 0. The molecule has 6 heteroatoms. The third-order valence-corrected chi connectivity index (χ3v) is 3.53. The van der Waals surface area contributed by atoms with Gasteiger partial charge in [0.2, 0.25) is 0 Å². The Balaban J connectivity index is 1.92. The van der Waals surface area contributed by atoms with Gasteiger partial charge in [0.25, 0.3) is 5.91 Å². The molecule has 2 heterocycles. The first-order valence-corrected chi connectivity index (χ1v) is 5.96. The molecular formula is C13H13N3O3. The van der Waals surface area contributed by atoms with E-state index in [2.05, 4.69) is 11.4 Å². The fourth-order valence-electron chi connectivity index (χ4n) is 2.25. The summed E-state index contributed by atoms with van der Waals surface area (Å²) in [5, 5.41) is 12.0. The number of anilines is 1. The first-order chi connectivity index (χ1) is 9.14. The number of carbonyl (C=O) groups is 1. The number of ether oxygens (including phenoxy) is 2. The Bertz CT molecular complexity index is 575. The molecule has 0 radical (unpaired) electrons. The van der Waals surface area contributed by atoms with Gasteiger partial charge >= 0.3 is 0 Å². The number of amides is 1. The summed E-state index contributed by atoms with van der Waals surface area (Å²) in [5.74, 6) is 0.423. The largest absolute Gasteiger partial charge is 0.482 e. The molecule has 1 unspecified atom stereocenters. The number of carbonyl (C=O) groups excluding carboxylic acids is 1. The van der Waals surface area contributed by atoms with Gasteiger partial charge in [-0.25, -0.2) is 0 Å². The lowest BCUT2D eigenvalue weighted by Gasteiger charge is -2.40. The van der Waals surface area contributed by atoms with Crippen LogP contribution < -0.4 is 15.8 Å². The van der Waals surface area contributed by atoms with Crippen LogP contribution in [0.5, 0.6) is 5.75 Å². The zero-order valence-electron chi connectivity index (χ0n) is 10.2. The topological polar surface area (TPSA) is 97.4 Å². The minimum Gasteiger partial charge on any atom is -0.482 e. The molecule has 0 aliphatic carbocycles. The zero-order chi connectivity index (χ0) is 13.5. The SMILES string of the molecule is N#CC1(C(N)c2ccc3c(c2)NC(=O)CO3)COC1. The summed E-state index contributed by atoms with van der Waals surface area (Å²) < 4.78 is 10.4. The molecule has 2 aliphatic rings. The minimum absolute atomic E-state index is 0.0222. The van der Waals surface area contributed by atoms with Gasteiger partial charge in [0.1, 0.15) is 11.2 Å². The molecule has 0 bridgehead atoms. The van der Waals surface area contributed by atoms with Crippen molar-refractivity contribution in [3.05, 3.63) is 23.8 Å². The Hall–Kier alpha value is -2.10. The van der Waals surface area contributed by atoms with Crippen LogP contribution in [0.15, 0.2) is 18.2 Å². The lowest BCUT2D eigenvalue weighted by Crippen LogP contribution is -2.49. The highest BCUT2D eigenvalue weighted by Gasteiger charge is 2.45. The molecule has 6 nitrogen and oxygen atoms in total. The molecule has 3 N–H and O–H groups in total. The van der Waals surface area contributed by atoms with Crippen molar-refractivity contribution < 1.29 is 14.3 Å². The molecular weight excluding hydrogens is 246 g/mol. The van der Waals surface area contributed by atoms with Gasteiger partial charge in [-0.2, -0.15) is 5.26 Å². The third kappa shape index (κ3) is 1.84. The van der Waals surface area contributed by atoms with Crippen LogP contribution in [-0.4, -0.2) is 25.7 Å². The number of hydrogen-bond acceptors (Lipinski definition) is 5. The molecule has 1 atom stereocenters. The number of nitriles is 1. The second-order valence-electron chi connectivity index (χ2n) is 4.83. The molecule has 19 heavy (non-hydrogen) atoms. The first kappa shape index (κ1) is 12.0. The average molecular weight is 259 g/mol. The molecule has 98 valence electrons. The Morgan fingerprint density at radius 2 is 2.26 bits per heavy atom. The fraction of sp³-hybridized carbons (Fsp3) is 0.385. The smallest absolute Gasteiger partial charge is 0.262 e. The van der Waals surface area contributed by atoms with E-state index in [9.17, 15) is 10.1 Å². The fourth-order valence-corrected chi connectivity index (χ4v) is 2.25. The Labute approximate surface area is 110 Å². The van der Waals surface area contributed by atoms with E-state index in [-0.39, 0.29) is 12.5 Å². The standard InChI is InChI=1S/C13H13N3O3/c14-5-13(6-18-7-13)12(15)8-1-2-10-9(3-8)16-11(17)4-19-10/h1-3,12H,4,6-7,15H2,(H,16,17). The Morgan fingerprint density at radius 1 is 1.47 bits per heavy atom. The number of rotatable bonds is 2. The number of nitrogens with two attached hydrogens (primary N) is 1. The van der Waals surface area contributed by atoms with Gasteiger partial charge < -0.3 is 20.5 Å². The summed E-state index contributed by atoms with van der Waals surface area (Å²) >= 11 is 0. The van der Waals surface area contributed by atoms with Gasteiger partial charge in [-0.3, -0.25) is 4.79 Å². The van der Waals surface area contributed by atoms with Crippen molar-refractivity contribution in [2.45, 2.75) is 6.04 Å². The number of benzene rings is 1. The highest BCUT2D eigenvalue weighted by atomic mass is 16.5. The van der Waals surface area contributed by atoms with Crippen molar-refractivity contribution in [2.75, 3.05) is 25.1 Å². The van der Waals surface area contributed by atoms with Crippen LogP contribution in [0.3, 0.4) is 0 Å². The van der Waals surface area contributed by atoms with E-state index < -0.39 is 11.5 Å². The van der Waals surface area contributed by atoms with Crippen molar-refractivity contribution in [2.24, 2.45) is 11.1 Å². The molecule has 2 aliphatic heterocycles. The van der Waals surface area contributed by atoms with Crippen LogP contribution >= 0.6 is 0 Å². The monoisotopic (exact) mass is 259 g/mol. The van der Waals surface area contributed by atoms with E-state index in [1.807, 2.05) is 6.07 Å². The summed E-state index contributed by atoms with van der Waals surface area (Å²) in [4.78, 5) is 11.3. The third-order valence-electron chi connectivity index (χ3n) is 3.53. The number of nitrogens with one attached hydrogen (secondary N) is 1. The number of hydrogen-bond donors (Lipinski definition) is 2. The lowest BCUT2D eigenvalue weighted by atomic mass is 9.77. The number of nitrogens with zero attached hydrogens (tertiary/aromatic N) is 1. The molecule has 1 amide bonds. The van der Waals surface area contributed by atoms with Crippen molar-refractivity contribution in [3.8, 4) is 11.8 Å². The second-order valence-corrected chi connectivity index (χ2v) is 4.83. The van der Waals surface area contributed by atoms with Gasteiger partial charge in [-0.05, 0) is 17.7 Å². The van der Waals surface area contributed by atoms with Crippen molar-refractivity contribution >= 4 is 11.6 Å². The van der Waals surface area contributed by atoms with Crippen molar-refractivity contribution in [1.29, 1.82) is 5.26 Å². The van der Waals surface area contributed by atoms with Crippen molar-refractivity contribution in [3.63, 3.8) is 0 Å². The van der Waals surface area contributed by atoms with Crippen LogP contribution in [0.1, 0.15) is 11.6 Å². The lowest BCUT2D eigenvalue weighted by molar-refractivity contribution is -0.118. The molecule has 0 aromatic heterocycles. The molecule has 3 rings (SSSR count). The van der Waals surface area contributed by atoms with E-state index in [1.54, 1.807) is 12.1 Å². The quantitative estimate of drug-likeness (QED) is 0.808. The van der Waals surface area contributed by atoms with Crippen LogP contribution in [0, 0.1) is 16.7 Å².